The number of hydrogen-bond acceptors (Lipinski definition) is 3. The van der Waals surface area contributed by atoms with Crippen molar-refractivity contribution in [3.05, 3.63) is 58.4 Å². The van der Waals surface area contributed by atoms with E-state index < -0.39 is 0 Å². The molecule has 0 atom stereocenters. The maximum Gasteiger partial charge on any atom is 0.254 e. The molecular weight excluding hydrogens is 362 g/mol. The molecule has 1 aliphatic carbocycles. The Bertz CT molecular complexity index is 821. The summed E-state index contributed by atoms with van der Waals surface area (Å²) < 4.78 is 0. The highest BCUT2D eigenvalue weighted by Crippen LogP contribution is 2.24. The Kier molecular flexibility index (Phi) is 8.56. The van der Waals surface area contributed by atoms with Crippen LogP contribution in [-0.2, 0) is 14.4 Å². The Labute approximate surface area is 174 Å². The van der Waals surface area contributed by atoms with Gasteiger partial charge in [0.15, 0.2) is 5.78 Å². The van der Waals surface area contributed by atoms with Gasteiger partial charge in [-0.05, 0) is 70.9 Å². The number of amides is 1. The molecule has 0 aromatic carbocycles. The zero-order chi connectivity index (χ0) is 21.4. The predicted octanol–water partition coefficient (Wildman–Crippen LogP) is 5.38. The average molecular weight is 396 g/mol. The van der Waals surface area contributed by atoms with Gasteiger partial charge in [-0.1, -0.05) is 36.6 Å². The Morgan fingerprint density at radius 1 is 0.793 bits per heavy atom. The van der Waals surface area contributed by atoms with Crippen LogP contribution < -0.4 is 0 Å². The van der Waals surface area contributed by atoms with Gasteiger partial charge in [0.05, 0.1) is 5.70 Å². The first-order valence-electron chi connectivity index (χ1n) is 10.6. The van der Waals surface area contributed by atoms with Gasteiger partial charge < -0.3 is 4.90 Å². The summed E-state index contributed by atoms with van der Waals surface area (Å²) in [5.74, 6) is -0.680. The van der Waals surface area contributed by atoms with Crippen LogP contribution in [0.2, 0.25) is 0 Å². The van der Waals surface area contributed by atoms with E-state index in [1.54, 1.807) is 14.0 Å². The van der Waals surface area contributed by atoms with Gasteiger partial charge in [0, 0.05) is 24.3 Å². The van der Waals surface area contributed by atoms with Gasteiger partial charge in [0.2, 0.25) is 5.78 Å². The Morgan fingerprint density at radius 3 is 2.24 bits per heavy atom. The Morgan fingerprint density at radius 2 is 1.48 bits per heavy atom. The maximum atomic E-state index is 13.0. The van der Waals surface area contributed by atoms with Crippen molar-refractivity contribution in [1.82, 2.24) is 4.90 Å². The molecule has 0 N–H and O–H groups in total. The first-order valence-corrected chi connectivity index (χ1v) is 10.6. The summed E-state index contributed by atoms with van der Waals surface area (Å²) in [6, 6.07) is 0. The van der Waals surface area contributed by atoms with Crippen LogP contribution in [0.4, 0.5) is 0 Å². The van der Waals surface area contributed by atoms with Crippen molar-refractivity contribution in [2.45, 2.75) is 72.1 Å². The predicted molar refractivity (Wildman–Crippen MR) is 117 cm³/mol. The third-order valence-electron chi connectivity index (χ3n) is 5.78. The minimum atomic E-state index is -0.248. The average Bonchev–Trinajstić information content (AvgIpc) is 2.70. The second-order valence-electron chi connectivity index (χ2n) is 7.93. The van der Waals surface area contributed by atoms with Crippen LogP contribution in [0.15, 0.2) is 58.4 Å². The van der Waals surface area contributed by atoms with Crippen molar-refractivity contribution in [2.24, 2.45) is 0 Å². The van der Waals surface area contributed by atoms with E-state index in [1.807, 2.05) is 13.8 Å². The molecule has 4 heteroatoms. The summed E-state index contributed by atoms with van der Waals surface area (Å²) in [6.07, 6.45) is 17.1. The van der Waals surface area contributed by atoms with Crippen LogP contribution in [0.3, 0.4) is 0 Å². The zero-order valence-corrected chi connectivity index (χ0v) is 18.2. The van der Waals surface area contributed by atoms with E-state index in [0.29, 0.717) is 17.6 Å². The van der Waals surface area contributed by atoms with E-state index in [9.17, 15) is 14.4 Å². The molecule has 0 unspecified atom stereocenters. The van der Waals surface area contributed by atoms with E-state index >= 15 is 0 Å². The molecule has 1 amide bonds. The lowest BCUT2D eigenvalue weighted by Crippen LogP contribution is -2.33. The maximum absolute atomic E-state index is 13.0. The van der Waals surface area contributed by atoms with Gasteiger partial charge >= 0.3 is 0 Å². The number of allylic oxidation sites excluding steroid dienone is 8. The minimum absolute atomic E-state index is 0.174. The largest absolute Gasteiger partial charge is 0.308 e. The van der Waals surface area contributed by atoms with Gasteiger partial charge in [-0.2, -0.15) is 0 Å². The van der Waals surface area contributed by atoms with Crippen molar-refractivity contribution in [1.29, 1.82) is 0 Å². The molecular formula is C25H33NO3. The molecule has 0 saturated carbocycles. The second kappa shape index (κ2) is 10.9. The molecule has 1 heterocycles. The van der Waals surface area contributed by atoms with E-state index in [-0.39, 0.29) is 23.2 Å². The van der Waals surface area contributed by atoms with Crippen molar-refractivity contribution in [3.8, 4) is 0 Å². The van der Waals surface area contributed by atoms with Crippen LogP contribution in [0.5, 0.6) is 0 Å². The number of carbonyl (C=O) groups excluding carboxylic acids is 3. The SMILES string of the molecule is CC1=CCC/C=C/CCCCCCC2=CC(=O)C=C(C2=O)N(C)C(=O)C(C)=C1C. The highest BCUT2D eigenvalue weighted by molar-refractivity contribution is 6.21. The fraction of sp³-hybridized carbons (Fsp3) is 0.480. The fourth-order valence-corrected chi connectivity index (χ4v) is 3.61. The second-order valence-corrected chi connectivity index (χ2v) is 7.93. The summed E-state index contributed by atoms with van der Waals surface area (Å²) in [6.45, 7) is 5.72. The Hall–Kier alpha value is -2.49. The van der Waals surface area contributed by atoms with Crippen molar-refractivity contribution >= 4 is 17.5 Å². The van der Waals surface area contributed by atoms with E-state index in [4.69, 9.17) is 0 Å². The molecule has 4 nitrogen and oxygen atoms in total. The number of likely N-dealkylation sites (N-methyl/N-ethyl adjacent to an activating group) is 1. The number of ketones is 2. The molecule has 0 aromatic heterocycles. The summed E-state index contributed by atoms with van der Waals surface area (Å²) in [4.78, 5) is 39.4. The summed E-state index contributed by atoms with van der Waals surface area (Å²) in [7, 11) is 1.57. The molecule has 0 spiro atoms. The van der Waals surface area contributed by atoms with E-state index in [2.05, 4.69) is 18.2 Å². The monoisotopic (exact) mass is 395 g/mol. The van der Waals surface area contributed by atoms with Crippen LogP contribution in [0.1, 0.15) is 72.1 Å². The van der Waals surface area contributed by atoms with Crippen LogP contribution in [0.25, 0.3) is 0 Å². The van der Waals surface area contributed by atoms with Crippen LogP contribution in [0, 0.1) is 0 Å². The van der Waals surface area contributed by atoms with Crippen molar-refractivity contribution in [3.63, 3.8) is 0 Å². The topological polar surface area (TPSA) is 54.5 Å². The number of rotatable bonds is 0. The van der Waals surface area contributed by atoms with Gasteiger partial charge in [-0.15, -0.1) is 0 Å². The summed E-state index contributed by atoms with van der Waals surface area (Å²) >= 11 is 0. The van der Waals surface area contributed by atoms with Gasteiger partial charge in [-0.3, -0.25) is 14.4 Å². The first kappa shape index (κ1) is 22.8. The van der Waals surface area contributed by atoms with E-state index in [0.717, 1.165) is 56.1 Å². The highest BCUT2D eigenvalue weighted by Gasteiger charge is 2.28. The lowest BCUT2D eigenvalue weighted by atomic mass is 9.94. The zero-order valence-electron chi connectivity index (χ0n) is 18.2. The van der Waals surface area contributed by atoms with Crippen molar-refractivity contribution in [2.75, 3.05) is 7.05 Å². The number of carbonyl (C=O) groups is 3. The molecule has 1 aliphatic heterocycles. The number of hydrogen-bond donors (Lipinski definition) is 0. The number of Topliss-reactive ketones (excluding diaryl/α,β-unsaturated/α-hetero) is 1. The summed E-state index contributed by atoms with van der Waals surface area (Å²) in [5.41, 5.74) is 3.26. The van der Waals surface area contributed by atoms with Gasteiger partial charge in [-0.25, -0.2) is 0 Å². The molecule has 0 saturated heterocycles. The molecule has 0 aromatic rings. The quantitative estimate of drug-likeness (QED) is 0.409. The third kappa shape index (κ3) is 6.25. The van der Waals surface area contributed by atoms with E-state index in [1.165, 1.54) is 17.1 Å². The third-order valence-corrected chi connectivity index (χ3v) is 5.78. The Balaban J connectivity index is 2.32. The molecule has 2 rings (SSSR count). The molecule has 2 aliphatic rings. The molecule has 0 radical (unpaired) electrons. The normalized spacial score (nSPS) is 22.3. The van der Waals surface area contributed by atoms with Gasteiger partial charge in [0.25, 0.3) is 5.91 Å². The standard InChI is InChI=1S/C25H33NO3/c1-18-14-12-10-8-6-5-7-9-11-13-15-21-16-22(27)17-23(24(21)28)26(4)25(29)20(3)19(18)2/h6,8,14,16-17H,5,7,9-13,15H2,1-4H3/b8-6+,18-14?,20-19?. The molecule has 29 heavy (non-hydrogen) atoms. The van der Waals surface area contributed by atoms with Crippen molar-refractivity contribution < 1.29 is 14.4 Å². The smallest absolute Gasteiger partial charge is 0.254 e. The first-order chi connectivity index (χ1) is 13.8. The minimum Gasteiger partial charge on any atom is -0.308 e. The molecule has 0 fully saturated rings. The fourth-order valence-electron chi connectivity index (χ4n) is 3.61. The lowest BCUT2D eigenvalue weighted by molar-refractivity contribution is -0.127. The summed E-state index contributed by atoms with van der Waals surface area (Å²) in [5, 5.41) is 0. The lowest BCUT2D eigenvalue weighted by Gasteiger charge is -2.24. The van der Waals surface area contributed by atoms with Crippen LogP contribution in [-0.4, -0.2) is 29.4 Å². The molecule has 2 bridgehead atoms. The highest BCUT2D eigenvalue weighted by atomic mass is 16.2. The molecule has 156 valence electrons. The van der Waals surface area contributed by atoms with Gasteiger partial charge in [0.1, 0.15) is 0 Å². The number of fused-ring (bicyclic) bond motifs is 2. The number of nitrogens with zero attached hydrogens (tertiary/aromatic N) is 1. The van der Waals surface area contributed by atoms with Crippen LogP contribution >= 0.6 is 0 Å².